The molecule has 7 heteroatoms. The third-order valence-electron chi connectivity index (χ3n) is 4.58. The van der Waals surface area contributed by atoms with Gasteiger partial charge in [-0.05, 0) is 50.1 Å². The van der Waals surface area contributed by atoms with Crippen LogP contribution in [0.25, 0.3) is 0 Å². The molecule has 26 heavy (non-hydrogen) atoms. The topological polar surface area (TPSA) is 82.3 Å². The average Bonchev–Trinajstić information content (AvgIpc) is 2.95. The van der Waals surface area contributed by atoms with Gasteiger partial charge in [-0.1, -0.05) is 22.0 Å². The Labute approximate surface area is 159 Å². The number of rotatable bonds is 4. The lowest BCUT2D eigenvalue weighted by Crippen LogP contribution is -2.37. The molecule has 1 fully saturated rings. The number of aryl methyl sites for hydroxylation is 2. The van der Waals surface area contributed by atoms with E-state index in [1.807, 2.05) is 44.2 Å². The highest BCUT2D eigenvalue weighted by Crippen LogP contribution is 2.27. The minimum atomic E-state index is -0.723. The van der Waals surface area contributed by atoms with Gasteiger partial charge in [0.05, 0.1) is 0 Å². The summed E-state index contributed by atoms with van der Waals surface area (Å²) in [6.45, 7) is 4.25. The molecule has 0 aliphatic carbocycles. The van der Waals surface area contributed by atoms with Crippen molar-refractivity contribution in [2.45, 2.75) is 26.8 Å². The molecule has 1 aromatic carbocycles. The molecule has 3 rings (SSSR count). The smallest absolute Gasteiger partial charge is 0.253 e. The lowest BCUT2D eigenvalue weighted by Gasteiger charge is -2.17. The van der Waals surface area contributed by atoms with Gasteiger partial charge in [0.1, 0.15) is 5.92 Å². The Balaban J connectivity index is 1.68. The second-order valence-electron chi connectivity index (χ2n) is 6.47. The molecule has 1 aliphatic rings. The summed E-state index contributed by atoms with van der Waals surface area (Å²) in [5.74, 6) is -1.28. The number of pyridine rings is 1. The number of nitrogens with zero attached hydrogens (tertiary/aromatic N) is 1. The molecule has 1 aliphatic heterocycles. The number of halogens is 1. The SMILES string of the molecule is Cc1cc(C)c(CNC(=O)C2CCN(c3cccc(Br)c3)C2=O)c(=O)[nH]1. The van der Waals surface area contributed by atoms with Crippen LogP contribution < -0.4 is 15.8 Å². The highest BCUT2D eigenvalue weighted by molar-refractivity contribution is 9.10. The van der Waals surface area contributed by atoms with Gasteiger partial charge in [0.25, 0.3) is 5.56 Å². The number of H-pyrrole nitrogens is 1. The Morgan fingerprint density at radius 1 is 1.31 bits per heavy atom. The number of hydrogen-bond donors (Lipinski definition) is 2. The molecule has 0 spiro atoms. The van der Waals surface area contributed by atoms with Crippen LogP contribution in [-0.4, -0.2) is 23.3 Å². The molecule has 2 aromatic rings. The average molecular weight is 418 g/mol. The number of amides is 2. The Kier molecular flexibility index (Phi) is 5.27. The summed E-state index contributed by atoms with van der Waals surface area (Å²) in [5.41, 5.74) is 2.67. The van der Waals surface area contributed by atoms with E-state index in [1.165, 1.54) is 0 Å². The van der Waals surface area contributed by atoms with Crippen molar-refractivity contribution < 1.29 is 9.59 Å². The number of anilines is 1. The summed E-state index contributed by atoms with van der Waals surface area (Å²) in [6, 6.07) is 9.30. The first-order valence-electron chi connectivity index (χ1n) is 8.41. The van der Waals surface area contributed by atoms with Gasteiger partial charge in [-0.3, -0.25) is 14.4 Å². The molecule has 1 aromatic heterocycles. The van der Waals surface area contributed by atoms with E-state index in [9.17, 15) is 14.4 Å². The molecule has 6 nitrogen and oxygen atoms in total. The molecule has 1 saturated heterocycles. The lowest BCUT2D eigenvalue weighted by molar-refractivity contribution is -0.132. The Hall–Kier alpha value is -2.41. The predicted molar refractivity (Wildman–Crippen MR) is 103 cm³/mol. The van der Waals surface area contributed by atoms with E-state index in [2.05, 4.69) is 26.2 Å². The van der Waals surface area contributed by atoms with E-state index < -0.39 is 5.92 Å². The number of carbonyl (C=O) groups excluding carboxylic acids is 2. The second-order valence-corrected chi connectivity index (χ2v) is 7.39. The maximum Gasteiger partial charge on any atom is 0.253 e. The van der Waals surface area contributed by atoms with E-state index >= 15 is 0 Å². The van der Waals surface area contributed by atoms with Gasteiger partial charge in [0.2, 0.25) is 11.8 Å². The van der Waals surface area contributed by atoms with Crippen molar-refractivity contribution in [2.75, 3.05) is 11.4 Å². The van der Waals surface area contributed by atoms with Gasteiger partial charge in [-0.15, -0.1) is 0 Å². The first kappa shape index (κ1) is 18.4. The summed E-state index contributed by atoms with van der Waals surface area (Å²) in [5, 5.41) is 2.74. The van der Waals surface area contributed by atoms with Gasteiger partial charge in [-0.2, -0.15) is 0 Å². The highest BCUT2D eigenvalue weighted by atomic mass is 79.9. The minimum Gasteiger partial charge on any atom is -0.351 e. The Morgan fingerprint density at radius 2 is 2.08 bits per heavy atom. The zero-order valence-electron chi connectivity index (χ0n) is 14.6. The summed E-state index contributed by atoms with van der Waals surface area (Å²) in [4.78, 5) is 41.5. The van der Waals surface area contributed by atoms with Crippen LogP contribution in [0.4, 0.5) is 5.69 Å². The Morgan fingerprint density at radius 3 is 2.77 bits per heavy atom. The fraction of sp³-hybridized carbons (Fsp3) is 0.316. The second kappa shape index (κ2) is 7.45. The molecule has 0 radical (unpaired) electrons. The van der Waals surface area contributed by atoms with Crippen molar-refractivity contribution in [2.24, 2.45) is 5.92 Å². The van der Waals surface area contributed by atoms with Crippen molar-refractivity contribution in [3.05, 3.63) is 62.0 Å². The van der Waals surface area contributed by atoms with Gasteiger partial charge < -0.3 is 15.2 Å². The summed E-state index contributed by atoms with van der Waals surface area (Å²) in [6.07, 6.45) is 0.459. The van der Waals surface area contributed by atoms with E-state index in [1.54, 1.807) is 4.90 Å². The van der Waals surface area contributed by atoms with Crippen molar-refractivity contribution in [1.82, 2.24) is 10.3 Å². The fourth-order valence-electron chi connectivity index (χ4n) is 3.22. The van der Waals surface area contributed by atoms with Crippen molar-refractivity contribution in [3.63, 3.8) is 0 Å². The third kappa shape index (κ3) is 3.72. The third-order valence-corrected chi connectivity index (χ3v) is 5.07. The standard InChI is InChI=1S/C19H20BrN3O3/c1-11-8-12(2)22-18(25)16(11)10-21-17(24)15-6-7-23(19(15)26)14-5-3-4-13(20)9-14/h3-5,8-9,15H,6-7,10H2,1-2H3,(H,21,24)(H,22,25). The van der Waals surface area contributed by atoms with Crippen LogP contribution in [0.2, 0.25) is 0 Å². The number of aromatic nitrogens is 1. The molecular formula is C19H20BrN3O3. The van der Waals surface area contributed by atoms with Crippen LogP contribution in [-0.2, 0) is 16.1 Å². The number of carbonyl (C=O) groups is 2. The van der Waals surface area contributed by atoms with E-state index in [-0.39, 0.29) is 23.9 Å². The normalized spacial score (nSPS) is 16.8. The first-order valence-corrected chi connectivity index (χ1v) is 9.20. The van der Waals surface area contributed by atoms with Gasteiger partial charge in [-0.25, -0.2) is 0 Å². The van der Waals surface area contributed by atoms with Crippen LogP contribution in [0, 0.1) is 19.8 Å². The number of aromatic amines is 1. The molecule has 0 bridgehead atoms. The zero-order valence-corrected chi connectivity index (χ0v) is 16.2. The Bertz CT molecular complexity index is 922. The largest absolute Gasteiger partial charge is 0.351 e. The summed E-state index contributed by atoms with van der Waals surface area (Å²) in [7, 11) is 0. The molecule has 2 heterocycles. The minimum absolute atomic E-state index is 0.112. The quantitative estimate of drug-likeness (QED) is 0.749. The molecule has 2 N–H and O–H groups in total. The van der Waals surface area contributed by atoms with Gasteiger partial charge in [0.15, 0.2) is 0 Å². The van der Waals surface area contributed by atoms with Crippen LogP contribution in [0.15, 0.2) is 39.6 Å². The lowest BCUT2D eigenvalue weighted by atomic mass is 10.1. The van der Waals surface area contributed by atoms with Crippen LogP contribution in [0.5, 0.6) is 0 Å². The van der Waals surface area contributed by atoms with Gasteiger partial charge >= 0.3 is 0 Å². The van der Waals surface area contributed by atoms with Crippen LogP contribution >= 0.6 is 15.9 Å². The molecule has 1 atom stereocenters. The number of hydrogen-bond acceptors (Lipinski definition) is 3. The molecule has 2 amide bonds. The van der Waals surface area contributed by atoms with Crippen molar-refractivity contribution >= 4 is 33.4 Å². The molecule has 0 saturated carbocycles. The summed E-state index contributed by atoms with van der Waals surface area (Å²) >= 11 is 3.39. The maximum absolute atomic E-state index is 12.6. The highest BCUT2D eigenvalue weighted by Gasteiger charge is 2.37. The van der Waals surface area contributed by atoms with Gasteiger partial charge in [0, 0.05) is 34.5 Å². The number of benzene rings is 1. The number of nitrogens with one attached hydrogen (secondary N) is 2. The maximum atomic E-state index is 12.6. The molecular weight excluding hydrogens is 398 g/mol. The van der Waals surface area contributed by atoms with Crippen LogP contribution in [0.3, 0.4) is 0 Å². The summed E-state index contributed by atoms with van der Waals surface area (Å²) < 4.78 is 0.879. The predicted octanol–water partition coefficient (Wildman–Crippen LogP) is 2.42. The van der Waals surface area contributed by atoms with E-state index in [0.29, 0.717) is 18.5 Å². The zero-order chi connectivity index (χ0) is 18.8. The molecule has 1 unspecified atom stereocenters. The van der Waals surface area contributed by atoms with Crippen molar-refractivity contribution in [1.29, 1.82) is 0 Å². The fourth-order valence-corrected chi connectivity index (χ4v) is 3.61. The molecule has 136 valence electrons. The van der Waals surface area contributed by atoms with E-state index in [4.69, 9.17) is 0 Å². The van der Waals surface area contributed by atoms with Crippen molar-refractivity contribution in [3.8, 4) is 0 Å². The first-order chi connectivity index (χ1) is 12.4. The van der Waals surface area contributed by atoms with Crippen LogP contribution in [0.1, 0.15) is 23.2 Å². The monoisotopic (exact) mass is 417 g/mol. The van der Waals surface area contributed by atoms with E-state index in [0.717, 1.165) is 21.4 Å².